The van der Waals surface area contributed by atoms with E-state index in [9.17, 15) is 13.2 Å². The van der Waals surface area contributed by atoms with Gasteiger partial charge >= 0.3 is 6.18 Å². The lowest BCUT2D eigenvalue weighted by atomic mass is 10.3. The molecule has 2 aromatic rings. The molecule has 2 N–H and O–H groups in total. The van der Waals surface area contributed by atoms with Crippen LogP contribution in [0.15, 0.2) is 6.07 Å². The van der Waals surface area contributed by atoms with Crippen LogP contribution in [0, 0.1) is 0 Å². The minimum absolute atomic E-state index is 0.182. The Hall–Kier alpha value is -2.06. The van der Waals surface area contributed by atoms with E-state index in [0.29, 0.717) is 0 Å². The third-order valence-corrected chi connectivity index (χ3v) is 1.97. The molecule has 0 atom stereocenters. The lowest BCUT2D eigenvalue weighted by Gasteiger charge is -2.09. The van der Waals surface area contributed by atoms with Gasteiger partial charge in [-0.05, 0) is 6.92 Å². The van der Waals surface area contributed by atoms with Crippen molar-refractivity contribution in [3.63, 3.8) is 0 Å². The zero-order chi connectivity index (χ0) is 12.6. The molecule has 6 nitrogen and oxygen atoms in total. The van der Waals surface area contributed by atoms with Gasteiger partial charge in [-0.1, -0.05) is 0 Å². The van der Waals surface area contributed by atoms with Crippen LogP contribution in [-0.4, -0.2) is 26.4 Å². The second-order valence-corrected chi connectivity index (χ2v) is 3.12. The number of nitrogens with zero attached hydrogens (tertiary/aromatic N) is 4. The second kappa shape index (κ2) is 3.75. The molecule has 0 spiro atoms. The molecule has 0 fully saturated rings. The van der Waals surface area contributed by atoms with Crippen molar-refractivity contribution < 1.29 is 17.9 Å². The van der Waals surface area contributed by atoms with E-state index in [2.05, 4.69) is 15.3 Å². The SMILES string of the molecule is CCOc1cc(C(F)(F)F)c2nnc(N)n2n1. The minimum atomic E-state index is -4.57. The fourth-order valence-corrected chi connectivity index (χ4v) is 1.30. The number of anilines is 1. The Kier molecular flexibility index (Phi) is 2.52. The van der Waals surface area contributed by atoms with E-state index in [0.717, 1.165) is 10.6 Å². The molecule has 0 saturated carbocycles. The van der Waals surface area contributed by atoms with Crippen molar-refractivity contribution in [1.82, 2.24) is 19.8 Å². The topological polar surface area (TPSA) is 78.3 Å². The highest BCUT2D eigenvalue weighted by molar-refractivity contribution is 5.52. The van der Waals surface area contributed by atoms with Gasteiger partial charge < -0.3 is 10.5 Å². The number of ether oxygens (including phenoxy) is 1. The van der Waals surface area contributed by atoms with Gasteiger partial charge in [-0.15, -0.1) is 15.3 Å². The largest absolute Gasteiger partial charge is 0.477 e. The molecule has 17 heavy (non-hydrogen) atoms. The van der Waals surface area contributed by atoms with Gasteiger partial charge in [0, 0.05) is 6.07 Å². The molecule has 0 aliphatic carbocycles. The highest BCUT2D eigenvalue weighted by Gasteiger charge is 2.35. The van der Waals surface area contributed by atoms with Crippen molar-refractivity contribution in [2.24, 2.45) is 0 Å². The summed E-state index contributed by atoms with van der Waals surface area (Å²) >= 11 is 0. The highest BCUT2D eigenvalue weighted by atomic mass is 19.4. The fourth-order valence-electron chi connectivity index (χ4n) is 1.30. The van der Waals surface area contributed by atoms with Crippen molar-refractivity contribution in [3.8, 4) is 5.88 Å². The van der Waals surface area contributed by atoms with Crippen LogP contribution in [0.25, 0.3) is 5.65 Å². The molecule has 2 rings (SSSR count). The Morgan fingerprint density at radius 1 is 1.41 bits per heavy atom. The predicted molar refractivity (Wildman–Crippen MR) is 51.4 cm³/mol. The quantitative estimate of drug-likeness (QED) is 0.860. The van der Waals surface area contributed by atoms with Crippen molar-refractivity contribution >= 4 is 11.6 Å². The van der Waals surface area contributed by atoms with Crippen molar-refractivity contribution in [2.45, 2.75) is 13.1 Å². The maximum absolute atomic E-state index is 12.7. The molecule has 92 valence electrons. The van der Waals surface area contributed by atoms with E-state index in [1.54, 1.807) is 6.92 Å². The van der Waals surface area contributed by atoms with E-state index in [1.165, 1.54) is 0 Å². The van der Waals surface area contributed by atoms with Gasteiger partial charge in [0.05, 0.1) is 6.61 Å². The lowest BCUT2D eigenvalue weighted by Crippen LogP contribution is -2.11. The van der Waals surface area contributed by atoms with Crippen LogP contribution in [0.2, 0.25) is 0 Å². The van der Waals surface area contributed by atoms with E-state index in [4.69, 9.17) is 10.5 Å². The number of hydrogen-bond donors (Lipinski definition) is 1. The monoisotopic (exact) mass is 247 g/mol. The first-order valence-electron chi connectivity index (χ1n) is 4.65. The molecule has 0 aliphatic rings. The fraction of sp³-hybridized carbons (Fsp3) is 0.375. The summed E-state index contributed by atoms with van der Waals surface area (Å²) in [6, 6.07) is 0.771. The van der Waals surface area contributed by atoms with Gasteiger partial charge in [0.1, 0.15) is 5.56 Å². The summed E-state index contributed by atoms with van der Waals surface area (Å²) in [6.07, 6.45) is -4.57. The van der Waals surface area contributed by atoms with Gasteiger partial charge in [0.15, 0.2) is 5.65 Å². The Labute approximate surface area is 93.2 Å². The van der Waals surface area contributed by atoms with Crippen LogP contribution in [0.1, 0.15) is 12.5 Å². The van der Waals surface area contributed by atoms with E-state index < -0.39 is 17.4 Å². The Bertz CT molecular complexity index is 550. The number of halogens is 3. The highest BCUT2D eigenvalue weighted by Crippen LogP contribution is 2.33. The summed E-state index contributed by atoms with van der Waals surface area (Å²) in [4.78, 5) is 0. The van der Waals surface area contributed by atoms with Crippen LogP contribution < -0.4 is 10.5 Å². The molecular weight excluding hydrogens is 239 g/mol. The van der Waals surface area contributed by atoms with Gasteiger partial charge in [0.2, 0.25) is 11.8 Å². The van der Waals surface area contributed by atoms with E-state index in [1.807, 2.05) is 0 Å². The molecule has 0 aliphatic heterocycles. The van der Waals surface area contributed by atoms with Gasteiger partial charge in [-0.2, -0.15) is 17.7 Å². The van der Waals surface area contributed by atoms with E-state index in [-0.39, 0.29) is 18.4 Å². The van der Waals surface area contributed by atoms with Gasteiger partial charge in [-0.3, -0.25) is 0 Å². The standard InChI is InChI=1S/C8H8F3N5O/c1-2-17-5-3-4(8(9,10)11)6-13-14-7(12)16(6)15-5/h3H,2H2,1H3,(H2,12,14). The number of nitrogen functional groups attached to an aromatic ring is 1. The first kappa shape index (κ1) is 11.4. The number of hydrogen-bond acceptors (Lipinski definition) is 5. The van der Waals surface area contributed by atoms with Crippen molar-refractivity contribution in [1.29, 1.82) is 0 Å². The van der Waals surface area contributed by atoms with E-state index >= 15 is 0 Å². The Balaban J connectivity index is 2.71. The number of fused-ring (bicyclic) bond motifs is 1. The first-order valence-corrected chi connectivity index (χ1v) is 4.65. The normalized spacial score (nSPS) is 12.0. The average Bonchev–Trinajstić information content (AvgIpc) is 2.59. The van der Waals surface area contributed by atoms with Crippen LogP contribution in [0.4, 0.5) is 19.1 Å². The summed E-state index contributed by atoms with van der Waals surface area (Å²) in [5, 5.41) is 10.4. The zero-order valence-corrected chi connectivity index (χ0v) is 8.69. The second-order valence-electron chi connectivity index (χ2n) is 3.12. The number of rotatable bonds is 2. The van der Waals surface area contributed by atoms with Crippen LogP contribution in [0.5, 0.6) is 5.88 Å². The molecular formula is C8H8F3N5O. The summed E-state index contributed by atoms with van der Waals surface area (Å²) < 4.78 is 44.0. The maximum Gasteiger partial charge on any atom is 0.420 e. The summed E-state index contributed by atoms with van der Waals surface area (Å²) in [5.41, 5.74) is 3.93. The van der Waals surface area contributed by atoms with Crippen LogP contribution >= 0.6 is 0 Å². The average molecular weight is 247 g/mol. The molecule has 0 aromatic carbocycles. The molecule has 0 unspecified atom stereocenters. The third-order valence-electron chi connectivity index (χ3n) is 1.97. The lowest BCUT2D eigenvalue weighted by molar-refractivity contribution is -0.136. The molecule has 0 radical (unpaired) electrons. The maximum atomic E-state index is 12.7. The predicted octanol–water partition coefficient (Wildman–Crippen LogP) is 1.12. The summed E-state index contributed by atoms with van der Waals surface area (Å²) in [7, 11) is 0. The minimum Gasteiger partial charge on any atom is -0.477 e. The zero-order valence-electron chi connectivity index (χ0n) is 8.69. The molecule has 2 heterocycles. The van der Waals surface area contributed by atoms with Crippen LogP contribution in [0.3, 0.4) is 0 Å². The Morgan fingerprint density at radius 2 is 2.12 bits per heavy atom. The molecule has 0 saturated heterocycles. The smallest absolute Gasteiger partial charge is 0.420 e. The number of nitrogens with two attached hydrogens (primary N) is 1. The molecule has 0 amide bonds. The molecule has 2 aromatic heterocycles. The Morgan fingerprint density at radius 3 is 2.71 bits per heavy atom. The van der Waals surface area contributed by atoms with Crippen LogP contribution in [-0.2, 0) is 6.18 Å². The summed E-state index contributed by atoms with van der Waals surface area (Å²) in [5.74, 6) is -0.411. The van der Waals surface area contributed by atoms with Crippen molar-refractivity contribution in [2.75, 3.05) is 12.3 Å². The van der Waals surface area contributed by atoms with Gasteiger partial charge in [0.25, 0.3) is 0 Å². The summed E-state index contributed by atoms with van der Waals surface area (Å²) in [6.45, 7) is 1.83. The number of alkyl halides is 3. The molecule has 0 bridgehead atoms. The van der Waals surface area contributed by atoms with Crippen molar-refractivity contribution in [3.05, 3.63) is 11.6 Å². The third kappa shape index (κ3) is 1.95. The number of aromatic nitrogens is 4. The first-order chi connectivity index (χ1) is 7.93. The molecule has 9 heteroatoms. The van der Waals surface area contributed by atoms with Gasteiger partial charge in [-0.25, -0.2) is 0 Å².